The molecule has 1 fully saturated rings. The van der Waals surface area contributed by atoms with Gasteiger partial charge < -0.3 is 5.32 Å². The van der Waals surface area contributed by atoms with Crippen LogP contribution in [0.25, 0.3) is 10.8 Å². The lowest BCUT2D eigenvalue weighted by Crippen LogP contribution is -2.13. The third kappa shape index (κ3) is 1.61. The van der Waals surface area contributed by atoms with Gasteiger partial charge in [-0.3, -0.25) is 0 Å². The summed E-state index contributed by atoms with van der Waals surface area (Å²) >= 11 is 0. The van der Waals surface area contributed by atoms with Gasteiger partial charge in [-0.15, -0.1) is 0 Å². The Bertz CT molecular complexity index is 498. The second kappa shape index (κ2) is 3.91. The molecular formula is C15H17N. The smallest absolute Gasteiger partial charge is 0.0329 e. The van der Waals surface area contributed by atoms with Crippen molar-refractivity contribution in [3.05, 3.63) is 48.0 Å². The number of benzene rings is 2. The van der Waals surface area contributed by atoms with Crippen LogP contribution in [0, 0.1) is 5.92 Å². The van der Waals surface area contributed by atoms with Crippen molar-refractivity contribution in [2.75, 3.05) is 6.54 Å². The summed E-state index contributed by atoms with van der Waals surface area (Å²) in [4.78, 5) is 0. The predicted octanol–water partition coefficient (Wildman–Crippen LogP) is 3.51. The SMILES string of the molecule is C[C@H]1CN[C@H](c2cccc3ccccc23)C1. The monoisotopic (exact) mass is 211 g/mol. The fourth-order valence-corrected chi connectivity index (χ4v) is 2.70. The molecule has 1 nitrogen and oxygen atoms in total. The summed E-state index contributed by atoms with van der Waals surface area (Å²) < 4.78 is 0. The Labute approximate surface area is 96.5 Å². The van der Waals surface area contributed by atoms with Crippen LogP contribution in [-0.2, 0) is 0 Å². The van der Waals surface area contributed by atoms with E-state index in [1.54, 1.807) is 0 Å². The quantitative estimate of drug-likeness (QED) is 0.761. The molecule has 0 unspecified atom stereocenters. The van der Waals surface area contributed by atoms with E-state index in [1.165, 1.54) is 22.8 Å². The number of nitrogens with one attached hydrogen (secondary N) is 1. The molecule has 0 amide bonds. The van der Waals surface area contributed by atoms with Crippen LogP contribution < -0.4 is 5.32 Å². The maximum atomic E-state index is 3.61. The molecule has 0 bridgehead atoms. The lowest BCUT2D eigenvalue weighted by Gasteiger charge is -2.13. The van der Waals surface area contributed by atoms with Crippen LogP contribution in [0.5, 0.6) is 0 Å². The highest BCUT2D eigenvalue weighted by atomic mass is 14.9. The average Bonchev–Trinajstić information content (AvgIpc) is 2.75. The highest BCUT2D eigenvalue weighted by Gasteiger charge is 2.22. The summed E-state index contributed by atoms with van der Waals surface area (Å²) in [6.07, 6.45) is 1.26. The van der Waals surface area contributed by atoms with E-state index in [4.69, 9.17) is 0 Å². The predicted molar refractivity (Wildman–Crippen MR) is 68.5 cm³/mol. The standard InChI is InChI=1S/C15H17N/c1-11-9-15(16-10-11)14-8-4-6-12-5-2-3-7-13(12)14/h2-8,11,15-16H,9-10H2,1H3/t11-,15+/m1/s1. The topological polar surface area (TPSA) is 12.0 Å². The number of hydrogen-bond acceptors (Lipinski definition) is 1. The van der Waals surface area contributed by atoms with Gasteiger partial charge in [-0.25, -0.2) is 0 Å². The number of fused-ring (bicyclic) bond motifs is 1. The number of rotatable bonds is 1. The Hall–Kier alpha value is -1.34. The largest absolute Gasteiger partial charge is 0.310 e. The van der Waals surface area contributed by atoms with Crippen molar-refractivity contribution in [2.45, 2.75) is 19.4 Å². The highest BCUT2D eigenvalue weighted by molar-refractivity contribution is 5.86. The Morgan fingerprint density at radius 1 is 1.06 bits per heavy atom. The first-order valence-corrected chi connectivity index (χ1v) is 6.05. The molecule has 3 rings (SSSR count). The van der Waals surface area contributed by atoms with Gasteiger partial charge in [-0.2, -0.15) is 0 Å². The molecule has 1 heteroatoms. The van der Waals surface area contributed by atoms with Gasteiger partial charge in [0.1, 0.15) is 0 Å². The van der Waals surface area contributed by atoms with Crippen LogP contribution in [0.4, 0.5) is 0 Å². The molecule has 2 aromatic carbocycles. The van der Waals surface area contributed by atoms with Crippen LogP contribution in [-0.4, -0.2) is 6.54 Å². The van der Waals surface area contributed by atoms with Gasteiger partial charge in [0.15, 0.2) is 0 Å². The van der Waals surface area contributed by atoms with E-state index in [1.807, 2.05) is 0 Å². The first-order chi connectivity index (χ1) is 7.84. The van der Waals surface area contributed by atoms with Crippen molar-refractivity contribution >= 4 is 10.8 Å². The van der Waals surface area contributed by atoms with E-state index in [-0.39, 0.29) is 0 Å². The van der Waals surface area contributed by atoms with Crippen molar-refractivity contribution in [3.8, 4) is 0 Å². The third-order valence-corrected chi connectivity index (χ3v) is 3.55. The van der Waals surface area contributed by atoms with Crippen LogP contribution in [0.15, 0.2) is 42.5 Å². The summed E-state index contributed by atoms with van der Waals surface area (Å²) in [5.41, 5.74) is 1.46. The van der Waals surface area contributed by atoms with Gasteiger partial charge in [-0.1, -0.05) is 49.4 Å². The molecular weight excluding hydrogens is 194 g/mol. The lowest BCUT2D eigenvalue weighted by atomic mass is 9.96. The Kier molecular flexibility index (Phi) is 2.41. The van der Waals surface area contributed by atoms with E-state index in [2.05, 4.69) is 54.7 Å². The Balaban J connectivity index is 2.09. The molecule has 2 atom stereocenters. The van der Waals surface area contributed by atoms with Gasteiger partial charge in [0.2, 0.25) is 0 Å². The summed E-state index contributed by atoms with van der Waals surface area (Å²) in [6, 6.07) is 15.8. The molecule has 1 saturated heterocycles. The molecule has 0 aliphatic carbocycles. The Morgan fingerprint density at radius 2 is 1.88 bits per heavy atom. The van der Waals surface area contributed by atoms with Crippen molar-refractivity contribution < 1.29 is 0 Å². The van der Waals surface area contributed by atoms with Crippen LogP contribution >= 0.6 is 0 Å². The summed E-state index contributed by atoms with van der Waals surface area (Å²) in [6.45, 7) is 3.46. The summed E-state index contributed by atoms with van der Waals surface area (Å²) in [7, 11) is 0. The fraction of sp³-hybridized carbons (Fsp3) is 0.333. The zero-order valence-electron chi connectivity index (χ0n) is 9.61. The molecule has 1 heterocycles. The minimum absolute atomic E-state index is 0.543. The fourth-order valence-electron chi connectivity index (χ4n) is 2.70. The molecule has 16 heavy (non-hydrogen) atoms. The molecule has 0 aromatic heterocycles. The zero-order chi connectivity index (χ0) is 11.0. The number of hydrogen-bond donors (Lipinski definition) is 1. The highest BCUT2D eigenvalue weighted by Crippen LogP contribution is 2.31. The van der Waals surface area contributed by atoms with Crippen molar-refractivity contribution in [1.82, 2.24) is 5.32 Å². The van der Waals surface area contributed by atoms with E-state index in [0.717, 1.165) is 12.5 Å². The zero-order valence-corrected chi connectivity index (χ0v) is 9.61. The molecule has 2 aromatic rings. The normalized spacial score (nSPS) is 25.1. The van der Waals surface area contributed by atoms with Gasteiger partial charge >= 0.3 is 0 Å². The van der Waals surface area contributed by atoms with Gasteiger partial charge in [-0.05, 0) is 35.2 Å². The van der Waals surface area contributed by atoms with Crippen molar-refractivity contribution in [3.63, 3.8) is 0 Å². The second-order valence-electron chi connectivity index (χ2n) is 4.87. The molecule has 0 saturated carbocycles. The molecule has 1 aliphatic heterocycles. The first-order valence-electron chi connectivity index (χ1n) is 6.05. The second-order valence-corrected chi connectivity index (χ2v) is 4.87. The average molecular weight is 211 g/mol. The van der Waals surface area contributed by atoms with Crippen molar-refractivity contribution in [1.29, 1.82) is 0 Å². The molecule has 0 radical (unpaired) electrons. The van der Waals surface area contributed by atoms with E-state index >= 15 is 0 Å². The van der Waals surface area contributed by atoms with Crippen LogP contribution in [0.1, 0.15) is 24.9 Å². The van der Waals surface area contributed by atoms with Gasteiger partial charge in [0.25, 0.3) is 0 Å². The minimum Gasteiger partial charge on any atom is -0.310 e. The molecule has 1 aliphatic rings. The van der Waals surface area contributed by atoms with E-state index in [9.17, 15) is 0 Å². The van der Waals surface area contributed by atoms with Gasteiger partial charge in [0.05, 0.1) is 0 Å². The van der Waals surface area contributed by atoms with E-state index in [0.29, 0.717) is 6.04 Å². The minimum atomic E-state index is 0.543. The molecule has 0 spiro atoms. The molecule has 82 valence electrons. The summed E-state index contributed by atoms with van der Waals surface area (Å²) in [5, 5.41) is 6.36. The summed E-state index contributed by atoms with van der Waals surface area (Å²) in [5.74, 6) is 0.795. The third-order valence-electron chi connectivity index (χ3n) is 3.55. The van der Waals surface area contributed by atoms with E-state index < -0.39 is 0 Å². The molecule has 1 N–H and O–H groups in total. The first kappa shape index (κ1) is 9.86. The van der Waals surface area contributed by atoms with Gasteiger partial charge in [0, 0.05) is 6.04 Å². The van der Waals surface area contributed by atoms with Crippen LogP contribution in [0.3, 0.4) is 0 Å². The maximum Gasteiger partial charge on any atom is 0.0329 e. The Morgan fingerprint density at radius 3 is 2.69 bits per heavy atom. The van der Waals surface area contributed by atoms with Crippen molar-refractivity contribution in [2.24, 2.45) is 5.92 Å². The lowest BCUT2D eigenvalue weighted by molar-refractivity contribution is 0.615. The van der Waals surface area contributed by atoms with Crippen LogP contribution in [0.2, 0.25) is 0 Å². The maximum absolute atomic E-state index is 3.61.